The number of halogens is 1. The molecule has 0 saturated carbocycles. The predicted octanol–water partition coefficient (Wildman–Crippen LogP) is 1.58. The Morgan fingerprint density at radius 1 is 1.47 bits per heavy atom. The molecule has 0 aliphatic carbocycles. The van der Waals surface area contributed by atoms with Gasteiger partial charge in [0.2, 0.25) is 10.0 Å². The van der Waals surface area contributed by atoms with Crippen molar-refractivity contribution >= 4 is 31.6 Å². The number of anilines is 1. The number of nitrogens with zero attached hydrogens (tertiary/aromatic N) is 2. The fraction of sp³-hybridized carbons (Fsp3) is 0.182. The molecule has 0 aliphatic heterocycles. The summed E-state index contributed by atoms with van der Waals surface area (Å²) >= 11 is 3.23. The molecule has 8 heteroatoms. The van der Waals surface area contributed by atoms with Crippen LogP contribution in [0.4, 0.5) is 5.69 Å². The largest absolute Gasteiger partial charge is 0.398 e. The Kier molecular flexibility index (Phi) is 3.93. The van der Waals surface area contributed by atoms with Crippen molar-refractivity contribution in [2.75, 3.05) is 12.8 Å². The third-order valence-electron chi connectivity index (χ3n) is 2.64. The minimum Gasteiger partial charge on any atom is -0.398 e. The molecular formula is C11H13BrN4O2S. The average molecular weight is 345 g/mol. The van der Waals surface area contributed by atoms with E-state index in [1.165, 1.54) is 23.5 Å². The van der Waals surface area contributed by atoms with Gasteiger partial charge in [-0.3, -0.25) is 5.10 Å². The topological polar surface area (TPSA) is 92.1 Å². The zero-order chi connectivity index (χ0) is 14.0. The first-order valence-corrected chi connectivity index (χ1v) is 7.63. The molecule has 1 aromatic carbocycles. The highest BCUT2D eigenvalue weighted by Crippen LogP contribution is 2.25. The number of nitrogens with two attached hydrogens (primary N) is 1. The minimum atomic E-state index is -3.55. The molecule has 6 nitrogen and oxygen atoms in total. The highest BCUT2D eigenvalue weighted by Gasteiger charge is 2.21. The van der Waals surface area contributed by atoms with Crippen LogP contribution in [0, 0.1) is 0 Å². The van der Waals surface area contributed by atoms with Crippen molar-refractivity contribution in [2.24, 2.45) is 0 Å². The molecule has 0 aliphatic rings. The maximum absolute atomic E-state index is 12.4. The van der Waals surface area contributed by atoms with E-state index in [2.05, 4.69) is 26.1 Å². The third-order valence-corrected chi connectivity index (χ3v) is 5.13. The molecule has 0 fully saturated rings. The fourth-order valence-corrected chi connectivity index (χ4v) is 3.27. The van der Waals surface area contributed by atoms with Crippen molar-refractivity contribution in [3.63, 3.8) is 0 Å². The van der Waals surface area contributed by atoms with Crippen molar-refractivity contribution in [2.45, 2.75) is 11.4 Å². The van der Waals surface area contributed by atoms with E-state index in [4.69, 9.17) is 5.73 Å². The van der Waals surface area contributed by atoms with E-state index in [0.29, 0.717) is 10.2 Å². The second-order valence-corrected chi connectivity index (χ2v) is 6.95. The van der Waals surface area contributed by atoms with Gasteiger partial charge in [-0.1, -0.05) is 0 Å². The second kappa shape index (κ2) is 5.32. The van der Waals surface area contributed by atoms with Crippen molar-refractivity contribution in [1.29, 1.82) is 0 Å². The van der Waals surface area contributed by atoms with Crippen LogP contribution in [0.25, 0.3) is 0 Å². The molecule has 3 N–H and O–H groups in total. The van der Waals surface area contributed by atoms with Gasteiger partial charge >= 0.3 is 0 Å². The Bertz CT molecular complexity index is 670. The number of H-pyrrole nitrogens is 1. The lowest BCUT2D eigenvalue weighted by atomic mass is 10.3. The molecule has 2 aromatic rings. The highest BCUT2D eigenvalue weighted by molar-refractivity contribution is 9.10. The lowest BCUT2D eigenvalue weighted by molar-refractivity contribution is 0.467. The van der Waals surface area contributed by atoms with E-state index in [1.54, 1.807) is 18.5 Å². The second-order valence-electron chi connectivity index (χ2n) is 4.05. The van der Waals surface area contributed by atoms with Gasteiger partial charge in [0.25, 0.3) is 0 Å². The van der Waals surface area contributed by atoms with Gasteiger partial charge in [-0.2, -0.15) is 9.40 Å². The van der Waals surface area contributed by atoms with Gasteiger partial charge in [-0.25, -0.2) is 8.42 Å². The van der Waals surface area contributed by atoms with E-state index >= 15 is 0 Å². The van der Waals surface area contributed by atoms with Crippen molar-refractivity contribution < 1.29 is 8.42 Å². The van der Waals surface area contributed by atoms with Crippen LogP contribution in [0.3, 0.4) is 0 Å². The van der Waals surface area contributed by atoms with Gasteiger partial charge in [0.05, 0.1) is 11.1 Å². The molecule has 1 heterocycles. The van der Waals surface area contributed by atoms with Crippen LogP contribution in [0.1, 0.15) is 5.56 Å². The summed E-state index contributed by atoms with van der Waals surface area (Å²) in [6, 6.07) is 4.54. The number of nitrogens with one attached hydrogen (secondary N) is 1. The van der Waals surface area contributed by atoms with E-state index in [9.17, 15) is 8.42 Å². The van der Waals surface area contributed by atoms with Gasteiger partial charge in [0, 0.05) is 35.5 Å². The quantitative estimate of drug-likeness (QED) is 0.823. The molecule has 0 bridgehead atoms. The Hall–Kier alpha value is -1.38. The summed E-state index contributed by atoms with van der Waals surface area (Å²) in [5.41, 5.74) is 6.94. The number of hydrogen-bond acceptors (Lipinski definition) is 4. The van der Waals surface area contributed by atoms with Crippen LogP contribution < -0.4 is 5.73 Å². The molecule has 0 spiro atoms. The van der Waals surface area contributed by atoms with Gasteiger partial charge in [0.15, 0.2) is 0 Å². The van der Waals surface area contributed by atoms with E-state index < -0.39 is 10.0 Å². The summed E-state index contributed by atoms with van der Waals surface area (Å²) in [6.07, 6.45) is 3.25. The zero-order valence-corrected chi connectivity index (χ0v) is 12.6. The fourth-order valence-electron chi connectivity index (χ4n) is 1.55. The molecule has 2 rings (SSSR count). The van der Waals surface area contributed by atoms with E-state index in [-0.39, 0.29) is 11.4 Å². The number of aromatic nitrogens is 2. The van der Waals surface area contributed by atoms with Crippen LogP contribution in [0.2, 0.25) is 0 Å². The first kappa shape index (κ1) is 14.0. The normalized spacial score (nSPS) is 11.9. The van der Waals surface area contributed by atoms with Crippen LogP contribution in [-0.4, -0.2) is 30.0 Å². The van der Waals surface area contributed by atoms with Gasteiger partial charge in [0.1, 0.15) is 0 Å². The monoisotopic (exact) mass is 344 g/mol. The summed E-state index contributed by atoms with van der Waals surface area (Å²) in [5.74, 6) is 0. The van der Waals surface area contributed by atoms with E-state index in [1.807, 2.05) is 0 Å². The van der Waals surface area contributed by atoms with Crippen LogP contribution in [0.5, 0.6) is 0 Å². The SMILES string of the molecule is CN(Cc1cn[nH]c1)S(=O)(=O)c1ccc(N)c(Br)c1. The summed E-state index contributed by atoms with van der Waals surface area (Å²) in [4.78, 5) is 0.194. The Morgan fingerprint density at radius 2 is 2.21 bits per heavy atom. The number of benzene rings is 1. The van der Waals surface area contributed by atoms with Crippen molar-refractivity contribution in [1.82, 2.24) is 14.5 Å². The molecule has 0 saturated heterocycles. The molecule has 0 amide bonds. The molecule has 0 atom stereocenters. The average Bonchev–Trinajstić information content (AvgIpc) is 2.85. The van der Waals surface area contributed by atoms with E-state index in [0.717, 1.165) is 5.56 Å². The standard InChI is InChI=1S/C11H13BrN4O2S/c1-16(7-8-5-14-15-6-8)19(17,18)9-2-3-11(13)10(12)4-9/h2-6H,7,13H2,1H3,(H,14,15). The Labute approximate surface area is 119 Å². The predicted molar refractivity (Wildman–Crippen MR) is 75.8 cm³/mol. The van der Waals surface area contributed by atoms with Crippen molar-refractivity contribution in [3.05, 3.63) is 40.6 Å². The molecule has 0 radical (unpaired) electrons. The summed E-state index contributed by atoms with van der Waals surface area (Å²) < 4.78 is 26.5. The molecule has 19 heavy (non-hydrogen) atoms. The summed E-state index contributed by atoms with van der Waals surface area (Å²) in [5, 5.41) is 6.43. The van der Waals surface area contributed by atoms with Gasteiger partial charge in [-0.05, 0) is 34.1 Å². The van der Waals surface area contributed by atoms with Crippen molar-refractivity contribution in [3.8, 4) is 0 Å². The maximum atomic E-state index is 12.4. The number of sulfonamides is 1. The first-order valence-electron chi connectivity index (χ1n) is 5.40. The number of hydrogen-bond donors (Lipinski definition) is 2. The zero-order valence-electron chi connectivity index (χ0n) is 10.2. The minimum absolute atomic E-state index is 0.194. The molecule has 0 unspecified atom stereocenters. The summed E-state index contributed by atoms with van der Waals surface area (Å²) in [7, 11) is -2.03. The van der Waals surface area contributed by atoms with Crippen LogP contribution in [-0.2, 0) is 16.6 Å². The van der Waals surface area contributed by atoms with Gasteiger partial charge in [-0.15, -0.1) is 0 Å². The Morgan fingerprint density at radius 3 is 2.79 bits per heavy atom. The molecular weight excluding hydrogens is 332 g/mol. The van der Waals surface area contributed by atoms with Gasteiger partial charge < -0.3 is 5.73 Å². The van der Waals surface area contributed by atoms with Crippen LogP contribution in [0.15, 0.2) is 40.0 Å². The summed E-state index contributed by atoms with van der Waals surface area (Å²) in [6.45, 7) is 0.251. The first-order chi connectivity index (χ1) is 8.91. The highest BCUT2D eigenvalue weighted by atomic mass is 79.9. The smallest absolute Gasteiger partial charge is 0.243 e. The third kappa shape index (κ3) is 2.96. The number of nitrogen functional groups attached to an aromatic ring is 1. The molecule has 1 aromatic heterocycles. The Balaban J connectivity index is 2.28. The molecule has 102 valence electrons. The lowest BCUT2D eigenvalue weighted by Gasteiger charge is -2.16. The maximum Gasteiger partial charge on any atom is 0.243 e. The number of aromatic amines is 1. The van der Waals surface area contributed by atoms with Crippen LogP contribution >= 0.6 is 15.9 Å². The lowest BCUT2D eigenvalue weighted by Crippen LogP contribution is -2.26. The number of rotatable bonds is 4.